The van der Waals surface area contributed by atoms with Crippen LogP contribution >= 0.6 is 0 Å². The number of carbonyl (C=O) groups excluding carboxylic acids is 1. The fourth-order valence-electron chi connectivity index (χ4n) is 3.71. The van der Waals surface area contributed by atoms with Gasteiger partial charge in [-0.2, -0.15) is 17.5 Å². The normalized spacial score (nSPS) is 18.2. The van der Waals surface area contributed by atoms with Crippen molar-refractivity contribution in [1.29, 1.82) is 0 Å². The van der Waals surface area contributed by atoms with E-state index in [-0.39, 0.29) is 42.0 Å². The monoisotopic (exact) mass is 471 g/mol. The highest BCUT2D eigenvalue weighted by Gasteiger charge is 2.39. The van der Waals surface area contributed by atoms with Crippen LogP contribution in [0.15, 0.2) is 59.5 Å². The van der Waals surface area contributed by atoms with Crippen LogP contribution in [0.5, 0.6) is 0 Å². The zero-order valence-electron chi connectivity index (χ0n) is 17.0. The van der Waals surface area contributed by atoms with Crippen LogP contribution < -0.4 is 11.1 Å². The van der Waals surface area contributed by atoms with Crippen molar-refractivity contribution in [1.82, 2.24) is 9.62 Å². The molecule has 11 heteroatoms. The maximum atomic E-state index is 12.9. The molecule has 2 aromatic carbocycles. The van der Waals surface area contributed by atoms with Crippen LogP contribution in [0.1, 0.15) is 24.0 Å². The third-order valence-corrected chi connectivity index (χ3v) is 7.42. The van der Waals surface area contributed by atoms with E-state index in [1.165, 1.54) is 40.7 Å². The topological polar surface area (TPSA) is 113 Å². The van der Waals surface area contributed by atoms with E-state index >= 15 is 0 Å². The van der Waals surface area contributed by atoms with E-state index in [2.05, 4.69) is 5.32 Å². The predicted octanol–water partition coefficient (Wildman–Crippen LogP) is 1.71. The molecule has 0 bridgehead atoms. The average molecular weight is 472 g/mol. The van der Waals surface area contributed by atoms with Gasteiger partial charge >= 0.3 is 6.18 Å². The second kappa shape index (κ2) is 9.18. The molecular formula is C21H24F3N3O4S. The second-order valence-corrected chi connectivity index (χ2v) is 9.58. The van der Waals surface area contributed by atoms with Gasteiger partial charge in [-0.3, -0.25) is 4.79 Å². The lowest BCUT2D eigenvalue weighted by Gasteiger charge is -2.32. The number of nitrogens with two attached hydrogens (primary N) is 1. The minimum absolute atomic E-state index is 0.0529. The molecule has 1 fully saturated rings. The van der Waals surface area contributed by atoms with E-state index in [1.807, 2.05) is 0 Å². The summed E-state index contributed by atoms with van der Waals surface area (Å²) < 4.78 is 64.2. The summed E-state index contributed by atoms with van der Waals surface area (Å²) in [5.41, 5.74) is 3.68. The Morgan fingerprint density at radius 1 is 1.03 bits per heavy atom. The number of nitrogens with one attached hydrogen (secondary N) is 1. The van der Waals surface area contributed by atoms with Gasteiger partial charge in [0.1, 0.15) is 0 Å². The van der Waals surface area contributed by atoms with Crippen molar-refractivity contribution in [2.75, 3.05) is 19.6 Å². The number of alkyl halides is 3. The van der Waals surface area contributed by atoms with Crippen LogP contribution in [0.2, 0.25) is 0 Å². The Bertz CT molecular complexity index is 1040. The molecule has 1 aliphatic rings. The second-order valence-electron chi connectivity index (χ2n) is 7.64. The number of aliphatic hydroxyl groups is 1. The number of carbonyl (C=O) groups is 1. The van der Waals surface area contributed by atoms with Crippen molar-refractivity contribution in [3.63, 3.8) is 0 Å². The molecule has 3 rings (SSSR count). The highest BCUT2D eigenvalue weighted by atomic mass is 32.2. The Hall–Kier alpha value is -2.47. The van der Waals surface area contributed by atoms with Crippen molar-refractivity contribution < 1.29 is 31.5 Å². The van der Waals surface area contributed by atoms with Gasteiger partial charge in [0.25, 0.3) is 5.91 Å². The summed E-state index contributed by atoms with van der Waals surface area (Å²) in [6.07, 6.45) is -3.82. The van der Waals surface area contributed by atoms with Crippen molar-refractivity contribution in [2.45, 2.75) is 35.6 Å². The summed E-state index contributed by atoms with van der Waals surface area (Å²) in [6.45, 7) is -0.959. The number of amides is 1. The summed E-state index contributed by atoms with van der Waals surface area (Å²) in [4.78, 5) is 12.0. The molecular weight excluding hydrogens is 447 g/mol. The summed E-state index contributed by atoms with van der Waals surface area (Å²) in [7, 11) is -3.89. The molecule has 0 radical (unpaired) electrons. The van der Waals surface area contributed by atoms with Gasteiger partial charge in [0.15, 0.2) is 5.60 Å². The minimum Gasteiger partial charge on any atom is -0.372 e. The third kappa shape index (κ3) is 5.12. The number of hydrogen-bond acceptors (Lipinski definition) is 5. The molecule has 1 aliphatic heterocycles. The predicted molar refractivity (Wildman–Crippen MR) is 111 cm³/mol. The summed E-state index contributed by atoms with van der Waals surface area (Å²) in [5, 5.41) is 13.4. The summed E-state index contributed by atoms with van der Waals surface area (Å²) in [6, 6.07) is 12.8. The molecule has 1 saturated heterocycles. The smallest absolute Gasteiger partial charge is 0.372 e. The van der Waals surface area contributed by atoms with Crippen LogP contribution in [-0.2, 0) is 20.4 Å². The number of nitrogens with zero attached hydrogens (tertiary/aromatic N) is 1. The number of piperidine rings is 1. The SMILES string of the molecule is NC(=O)C(O)(c1ccccc1)c1ccc(S(=O)(=O)N2CCC(NCC(F)(F)F)CC2)cc1. The van der Waals surface area contributed by atoms with Crippen LogP contribution in [0.3, 0.4) is 0 Å². The van der Waals surface area contributed by atoms with Gasteiger partial charge in [-0.15, -0.1) is 0 Å². The van der Waals surface area contributed by atoms with Crippen molar-refractivity contribution in [3.8, 4) is 0 Å². The number of primary amides is 1. The molecule has 4 N–H and O–H groups in total. The van der Waals surface area contributed by atoms with Gasteiger partial charge in [0, 0.05) is 19.1 Å². The van der Waals surface area contributed by atoms with Crippen LogP contribution in [-0.4, -0.2) is 55.6 Å². The fourth-order valence-corrected chi connectivity index (χ4v) is 5.18. The first-order valence-corrected chi connectivity index (χ1v) is 11.4. The molecule has 1 unspecified atom stereocenters. The zero-order chi connectivity index (χ0) is 23.6. The first kappa shape index (κ1) is 24.2. The molecule has 1 heterocycles. The maximum Gasteiger partial charge on any atom is 0.401 e. The van der Waals surface area contributed by atoms with Gasteiger partial charge in [-0.25, -0.2) is 8.42 Å². The van der Waals surface area contributed by atoms with E-state index in [1.54, 1.807) is 18.2 Å². The standard InChI is InChI=1S/C21H24F3N3O4S/c22-20(23,24)14-26-17-10-12-27(13-11-17)32(30,31)18-8-6-16(7-9-18)21(29,19(25)28)15-4-2-1-3-5-15/h1-9,17,26,29H,10-14H2,(H2,25,28). The summed E-state index contributed by atoms with van der Waals surface area (Å²) in [5.74, 6) is -1.01. The quantitative estimate of drug-likeness (QED) is 0.569. The van der Waals surface area contributed by atoms with Crippen molar-refractivity contribution in [3.05, 3.63) is 65.7 Å². The van der Waals surface area contributed by atoms with Crippen molar-refractivity contribution >= 4 is 15.9 Å². The Morgan fingerprint density at radius 2 is 1.56 bits per heavy atom. The van der Waals surface area contributed by atoms with E-state index in [9.17, 15) is 31.5 Å². The van der Waals surface area contributed by atoms with E-state index < -0.39 is 40.3 Å². The van der Waals surface area contributed by atoms with Gasteiger partial charge in [0.2, 0.25) is 10.0 Å². The van der Waals surface area contributed by atoms with E-state index in [4.69, 9.17) is 5.73 Å². The molecule has 1 atom stereocenters. The van der Waals surface area contributed by atoms with Crippen LogP contribution in [0, 0.1) is 0 Å². The lowest BCUT2D eigenvalue weighted by molar-refractivity contribution is -0.133. The first-order valence-electron chi connectivity index (χ1n) is 9.93. The number of sulfonamides is 1. The number of benzene rings is 2. The largest absolute Gasteiger partial charge is 0.401 e. The Kier molecular flexibility index (Phi) is 6.94. The molecule has 1 amide bonds. The molecule has 174 valence electrons. The van der Waals surface area contributed by atoms with Crippen LogP contribution in [0.25, 0.3) is 0 Å². The number of rotatable bonds is 7. The molecule has 0 saturated carbocycles. The Balaban J connectivity index is 1.75. The highest BCUT2D eigenvalue weighted by Crippen LogP contribution is 2.31. The van der Waals surface area contributed by atoms with E-state index in [0.717, 1.165) is 0 Å². The maximum absolute atomic E-state index is 12.9. The minimum atomic E-state index is -4.32. The van der Waals surface area contributed by atoms with Crippen LogP contribution in [0.4, 0.5) is 13.2 Å². The molecule has 2 aromatic rings. The first-order chi connectivity index (χ1) is 14.9. The molecule has 7 nitrogen and oxygen atoms in total. The van der Waals surface area contributed by atoms with E-state index in [0.29, 0.717) is 0 Å². The Labute approximate surface area is 184 Å². The molecule has 0 aliphatic carbocycles. The zero-order valence-corrected chi connectivity index (χ0v) is 17.9. The summed E-state index contributed by atoms with van der Waals surface area (Å²) >= 11 is 0. The Morgan fingerprint density at radius 3 is 2.06 bits per heavy atom. The van der Waals surface area contributed by atoms with Gasteiger partial charge < -0.3 is 16.2 Å². The molecule has 0 spiro atoms. The lowest BCUT2D eigenvalue weighted by Crippen LogP contribution is -2.46. The number of halogens is 3. The molecule has 0 aromatic heterocycles. The van der Waals surface area contributed by atoms with Gasteiger partial charge in [-0.05, 0) is 36.1 Å². The van der Waals surface area contributed by atoms with Gasteiger partial charge in [0.05, 0.1) is 11.4 Å². The number of hydrogen-bond donors (Lipinski definition) is 3. The van der Waals surface area contributed by atoms with Gasteiger partial charge in [-0.1, -0.05) is 42.5 Å². The molecule has 32 heavy (non-hydrogen) atoms. The highest BCUT2D eigenvalue weighted by molar-refractivity contribution is 7.89. The third-order valence-electron chi connectivity index (χ3n) is 5.50. The average Bonchev–Trinajstić information content (AvgIpc) is 2.77. The lowest BCUT2D eigenvalue weighted by atomic mass is 9.86. The van der Waals surface area contributed by atoms with Crippen molar-refractivity contribution in [2.24, 2.45) is 5.73 Å². The fraction of sp³-hybridized carbons (Fsp3) is 0.381.